The topological polar surface area (TPSA) is 54.9 Å². The lowest BCUT2D eigenvalue weighted by Gasteiger charge is -2.05. The van der Waals surface area contributed by atoms with Gasteiger partial charge in [-0.2, -0.15) is 0 Å². The number of anilines is 1. The summed E-state index contributed by atoms with van der Waals surface area (Å²) in [5.41, 5.74) is 1.38. The number of hydrogen-bond donors (Lipinski definition) is 1. The monoisotopic (exact) mass is 245 g/mol. The standard InChI is InChI=1S/C13H12FN3O/c1-8-6-12(16-9(2)15-8)13(18)17-11-5-3-4-10(14)7-11/h3-7H,1-2H3,(H,17,18). The smallest absolute Gasteiger partial charge is 0.274 e. The molecule has 4 nitrogen and oxygen atoms in total. The number of halogens is 1. The first kappa shape index (κ1) is 12.2. The van der Waals surface area contributed by atoms with Crippen LogP contribution in [0, 0.1) is 19.7 Å². The summed E-state index contributed by atoms with van der Waals surface area (Å²) in [6, 6.07) is 7.29. The SMILES string of the molecule is Cc1cc(C(=O)Nc2cccc(F)c2)nc(C)n1. The summed E-state index contributed by atoms with van der Waals surface area (Å²) >= 11 is 0. The van der Waals surface area contributed by atoms with Gasteiger partial charge in [0.1, 0.15) is 17.3 Å². The van der Waals surface area contributed by atoms with E-state index in [-0.39, 0.29) is 11.6 Å². The molecule has 0 atom stereocenters. The van der Waals surface area contributed by atoms with Gasteiger partial charge in [0, 0.05) is 11.4 Å². The molecule has 0 unspecified atom stereocenters. The molecule has 5 heteroatoms. The molecule has 18 heavy (non-hydrogen) atoms. The van der Waals surface area contributed by atoms with E-state index in [1.54, 1.807) is 26.0 Å². The first-order valence-electron chi connectivity index (χ1n) is 5.44. The quantitative estimate of drug-likeness (QED) is 0.884. The van der Waals surface area contributed by atoms with Gasteiger partial charge < -0.3 is 5.32 Å². The van der Waals surface area contributed by atoms with Gasteiger partial charge in [-0.1, -0.05) is 6.07 Å². The zero-order valence-corrected chi connectivity index (χ0v) is 10.1. The number of nitrogens with one attached hydrogen (secondary N) is 1. The minimum Gasteiger partial charge on any atom is -0.321 e. The molecule has 1 aromatic heterocycles. The molecule has 0 fully saturated rings. The highest BCUT2D eigenvalue weighted by Crippen LogP contribution is 2.11. The van der Waals surface area contributed by atoms with Crippen molar-refractivity contribution in [2.75, 3.05) is 5.32 Å². The van der Waals surface area contributed by atoms with Crippen LogP contribution in [-0.2, 0) is 0 Å². The third-order valence-electron chi connectivity index (χ3n) is 2.28. The molecular weight excluding hydrogens is 233 g/mol. The summed E-state index contributed by atoms with van der Waals surface area (Å²) in [5, 5.41) is 2.58. The Labute approximate surface area is 104 Å². The van der Waals surface area contributed by atoms with Gasteiger partial charge in [0.2, 0.25) is 0 Å². The Morgan fingerprint density at radius 3 is 2.67 bits per heavy atom. The van der Waals surface area contributed by atoms with Crippen molar-refractivity contribution in [3.05, 3.63) is 53.4 Å². The average Bonchev–Trinajstić information content (AvgIpc) is 2.27. The van der Waals surface area contributed by atoms with Crippen LogP contribution in [0.2, 0.25) is 0 Å². The summed E-state index contributed by atoms with van der Waals surface area (Å²) < 4.78 is 13.0. The molecule has 92 valence electrons. The number of carbonyl (C=O) groups is 1. The lowest BCUT2D eigenvalue weighted by Crippen LogP contribution is -2.15. The molecule has 1 heterocycles. The van der Waals surface area contributed by atoms with Crippen molar-refractivity contribution in [2.45, 2.75) is 13.8 Å². The Morgan fingerprint density at radius 1 is 1.22 bits per heavy atom. The van der Waals surface area contributed by atoms with Gasteiger partial charge in [-0.3, -0.25) is 4.79 Å². The van der Waals surface area contributed by atoms with Crippen molar-refractivity contribution in [3.63, 3.8) is 0 Å². The van der Waals surface area contributed by atoms with Gasteiger partial charge in [0.05, 0.1) is 0 Å². The molecule has 0 saturated carbocycles. The molecule has 2 aromatic rings. The fourth-order valence-electron chi connectivity index (χ4n) is 1.59. The maximum absolute atomic E-state index is 13.0. The summed E-state index contributed by atoms with van der Waals surface area (Å²) in [5.74, 6) is -0.253. The molecule has 1 N–H and O–H groups in total. The van der Waals surface area contributed by atoms with Crippen LogP contribution < -0.4 is 5.32 Å². The van der Waals surface area contributed by atoms with E-state index >= 15 is 0 Å². The van der Waals surface area contributed by atoms with Crippen molar-refractivity contribution in [3.8, 4) is 0 Å². The second kappa shape index (κ2) is 4.91. The highest BCUT2D eigenvalue weighted by molar-refractivity contribution is 6.02. The van der Waals surface area contributed by atoms with Gasteiger partial charge in [0.25, 0.3) is 5.91 Å². The van der Waals surface area contributed by atoms with E-state index in [1.165, 1.54) is 18.2 Å². The molecule has 0 aliphatic carbocycles. The minimum atomic E-state index is -0.400. The van der Waals surface area contributed by atoms with Crippen LogP contribution in [0.5, 0.6) is 0 Å². The zero-order chi connectivity index (χ0) is 13.1. The number of nitrogens with zero attached hydrogens (tertiary/aromatic N) is 2. The lowest BCUT2D eigenvalue weighted by molar-refractivity contribution is 0.102. The second-order valence-electron chi connectivity index (χ2n) is 3.91. The molecule has 1 aromatic carbocycles. The highest BCUT2D eigenvalue weighted by atomic mass is 19.1. The summed E-state index contributed by atoms with van der Waals surface area (Å²) in [6.45, 7) is 3.50. The molecule has 0 spiro atoms. The zero-order valence-electron chi connectivity index (χ0n) is 10.1. The minimum absolute atomic E-state index is 0.268. The van der Waals surface area contributed by atoms with E-state index < -0.39 is 5.82 Å². The Hall–Kier alpha value is -2.30. The fraction of sp³-hybridized carbons (Fsp3) is 0.154. The molecular formula is C13H12FN3O. The molecule has 0 radical (unpaired) electrons. The van der Waals surface area contributed by atoms with Crippen molar-refractivity contribution < 1.29 is 9.18 Å². The van der Waals surface area contributed by atoms with E-state index in [1.807, 2.05) is 0 Å². The Balaban J connectivity index is 2.22. The van der Waals surface area contributed by atoms with Crippen LogP contribution in [0.1, 0.15) is 22.0 Å². The van der Waals surface area contributed by atoms with E-state index in [9.17, 15) is 9.18 Å². The van der Waals surface area contributed by atoms with Crippen LogP contribution in [0.3, 0.4) is 0 Å². The van der Waals surface area contributed by atoms with Crippen LogP contribution >= 0.6 is 0 Å². The number of aromatic nitrogens is 2. The van der Waals surface area contributed by atoms with Crippen molar-refractivity contribution in [1.29, 1.82) is 0 Å². The number of hydrogen-bond acceptors (Lipinski definition) is 3. The predicted octanol–water partition coefficient (Wildman–Crippen LogP) is 2.48. The number of rotatable bonds is 2. The number of amides is 1. The maximum Gasteiger partial charge on any atom is 0.274 e. The molecule has 0 saturated heterocycles. The number of aryl methyl sites for hydroxylation is 2. The molecule has 2 rings (SSSR count). The highest BCUT2D eigenvalue weighted by Gasteiger charge is 2.09. The Kier molecular flexibility index (Phi) is 3.32. The van der Waals surface area contributed by atoms with Gasteiger partial charge in [-0.05, 0) is 38.1 Å². The molecule has 0 aliphatic heterocycles. The van der Waals surface area contributed by atoms with E-state index in [0.29, 0.717) is 17.2 Å². The van der Waals surface area contributed by atoms with Gasteiger partial charge in [-0.15, -0.1) is 0 Å². The summed E-state index contributed by atoms with van der Waals surface area (Å²) in [7, 11) is 0. The average molecular weight is 245 g/mol. The third-order valence-corrected chi connectivity index (χ3v) is 2.28. The second-order valence-corrected chi connectivity index (χ2v) is 3.91. The largest absolute Gasteiger partial charge is 0.321 e. The third kappa shape index (κ3) is 2.88. The van der Waals surface area contributed by atoms with Gasteiger partial charge in [-0.25, -0.2) is 14.4 Å². The van der Waals surface area contributed by atoms with E-state index in [4.69, 9.17) is 0 Å². The summed E-state index contributed by atoms with van der Waals surface area (Å²) in [6.07, 6.45) is 0. The van der Waals surface area contributed by atoms with Crippen molar-refractivity contribution in [2.24, 2.45) is 0 Å². The van der Waals surface area contributed by atoms with E-state index in [0.717, 1.165) is 0 Å². The van der Waals surface area contributed by atoms with Crippen LogP contribution in [0.15, 0.2) is 30.3 Å². The molecule has 0 bridgehead atoms. The van der Waals surface area contributed by atoms with Crippen molar-refractivity contribution >= 4 is 11.6 Å². The molecule has 0 aliphatic rings. The predicted molar refractivity (Wildman–Crippen MR) is 65.9 cm³/mol. The first-order chi connectivity index (χ1) is 8.54. The van der Waals surface area contributed by atoms with Crippen LogP contribution in [-0.4, -0.2) is 15.9 Å². The van der Waals surface area contributed by atoms with Gasteiger partial charge in [0.15, 0.2) is 0 Å². The van der Waals surface area contributed by atoms with Gasteiger partial charge >= 0.3 is 0 Å². The lowest BCUT2D eigenvalue weighted by atomic mass is 10.2. The Morgan fingerprint density at radius 2 is 2.00 bits per heavy atom. The van der Waals surface area contributed by atoms with Crippen LogP contribution in [0.4, 0.5) is 10.1 Å². The van der Waals surface area contributed by atoms with Crippen LogP contribution in [0.25, 0.3) is 0 Å². The van der Waals surface area contributed by atoms with Crippen molar-refractivity contribution in [1.82, 2.24) is 9.97 Å². The fourth-order valence-corrected chi connectivity index (χ4v) is 1.59. The maximum atomic E-state index is 13.0. The number of benzene rings is 1. The molecule has 1 amide bonds. The summed E-state index contributed by atoms with van der Waals surface area (Å²) in [4.78, 5) is 20.0. The number of carbonyl (C=O) groups excluding carboxylic acids is 1. The van der Waals surface area contributed by atoms with E-state index in [2.05, 4.69) is 15.3 Å². The Bertz CT molecular complexity index is 578. The first-order valence-corrected chi connectivity index (χ1v) is 5.44. The normalized spacial score (nSPS) is 10.2.